The van der Waals surface area contributed by atoms with E-state index in [1.54, 1.807) is 0 Å². The summed E-state index contributed by atoms with van der Waals surface area (Å²) in [6.45, 7) is 2.23. The van der Waals surface area contributed by atoms with E-state index in [0.717, 1.165) is 10.9 Å². The van der Waals surface area contributed by atoms with Crippen LogP contribution in [0.3, 0.4) is 0 Å². The largest absolute Gasteiger partial charge is 0.481 e. The number of hydrogen-bond acceptors (Lipinski definition) is 17. The number of fused-ring (bicyclic) bond motifs is 1. The molecule has 278 valence electrons. The second-order valence-electron chi connectivity index (χ2n) is 11.2. The number of phosphoric ester groups is 3. The number of carbonyl (C=O) groups is 2. The standard InChI is InChI=1S/C22H38N7O16P3S/c1-11-27-18(23)14-19(28-11)29(10-26-14)21-15(31)16(44-46(34,35)36)12(43-21)8-41-47(37,38)45-48(39,40)42-9-22(2,3)17(32)20(33)25-5-4-13(30)24-6-7-49/h10,12,15-17,21,31-32,49H,4-9H2,1-3H3,(H,24,30)(H,25,33)(H,37,38)(H,39,40)(H2,23,27,28)(H2,34,35,36)/t12-,15-,16-,17+,21-/m1/s1. The minimum Gasteiger partial charge on any atom is -0.386 e. The van der Waals surface area contributed by atoms with Crippen molar-refractivity contribution in [1.82, 2.24) is 30.2 Å². The molecule has 0 radical (unpaired) electrons. The quantitative estimate of drug-likeness (QED) is 0.0617. The third-order valence-corrected chi connectivity index (χ3v) is 10.0. The molecule has 1 aliphatic heterocycles. The Balaban J connectivity index is 1.63. The van der Waals surface area contributed by atoms with E-state index >= 15 is 0 Å². The number of carbonyl (C=O) groups excluding carboxylic acids is 2. The number of nitrogens with zero attached hydrogens (tertiary/aromatic N) is 4. The van der Waals surface area contributed by atoms with E-state index in [9.17, 15) is 53.1 Å². The van der Waals surface area contributed by atoms with Gasteiger partial charge in [-0.1, -0.05) is 13.8 Å². The average molecular weight is 782 g/mol. The number of amides is 2. The molecule has 7 atom stereocenters. The number of imidazole rings is 1. The monoisotopic (exact) mass is 781 g/mol. The van der Waals surface area contributed by atoms with Gasteiger partial charge in [-0.15, -0.1) is 0 Å². The van der Waals surface area contributed by atoms with Gasteiger partial charge in [0, 0.05) is 30.7 Å². The van der Waals surface area contributed by atoms with E-state index in [1.807, 2.05) is 0 Å². The summed E-state index contributed by atoms with van der Waals surface area (Å²) in [6, 6.07) is 0. The maximum atomic E-state index is 12.6. The lowest BCUT2D eigenvalue weighted by Gasteiger charge is -2.30. The highest BCUT2D eigenvalue weighted by molar-refractivity contribution is 7.80. The number of nitrogens with two attached hydrogens (primary N) is 1. The molecule has 1 fully saturated rings. The molecule has 0 spiro atoms. The van der Waals surface area contributed by atoms with E-state index in [0.29, 0.717) is 12.3 Å². The Labute approximate surface area is 283 Å². The number of ether oxygens (including phenoxy) is 1. The highest BCUT2D eigenvalue weighted by atomic mass is 32.1. The van der Waals surface area contributed by atoms with Crippen LogP contribution in [0.15, 0.2) is 6.33 Å². The van der Waals surface area contributed by atoms with Crippen LogP contribution in [-0.2, 0) is 45.9 Å². The Morgan fingerprint density at radius 3 is 2.41 bits per heavy atom. The number of phosphoric acid groups is 3. The smallest absolute Gasteiger partial charge is 0.386 e. The van der Waals surface area contributed by atoms with Crippen molar-refractivity contribution in [2.75, 3.05) is 37.8 Å². The average Bonchev–Trinajstić information content (AvgIpc) is 3.52. The van der Waals surface area contributed by atoms with Crippen LogP contribution in [0.2, 0.25) is 0 Å². The van der Waals surface area contributed by atoms with Gasteiger partial charge in [-0.05, 0) is 6.92 Å². The molecule has 2 unspecified atom stereocenters. The lowest BCUT2D eigenvalue weighted by molar-refractivity contribution is -0.137. The number of aliphatic hydroxyl groups excluding tert-OH is 2. The summed E-state index contributed by atoms with van der Waals surface area (Å²) in [6.07, 6.45) is -7.82. The van der Waals surface area contributed by atoms with Gasteiger partial charge in [0.1, 0.15) is 35.8 Å². The van der Waals surface area contributed by atoms with Crippen molar-refractivity contribution in [2.24, 2.45) is 5.41 Å². The second-order valence-corrected chi connectivity index (χ2v) is 15.9. The first-order valence-corrected chi connectivity index (χ1v) is 19.2. The van der Waals surface area contributed by atoms with Crippen molar-refractivity contribution >= 4 is 64.9 Å². The Morgan fingerprint density at radius 1 is 1.12 bits per heavy atom. The molecule has 49 heavy (non-hydrogen) atoms. The van der Waals surface area contributed by atoms with Crippen molar-refractivity contribution < 1.29 is 75.7 Å². The number of rotatable bonds is 18. The normalized spacial score (nSPS) is 23.1. The molecular formula is C22H38N7O16P3S. The fourth-order valence-electron chi connectivity index (χ4n) is 4.32. The van der Waals surface area contributed by atoms with Gasteiger partial charge < -0.3 is 50.9 Å². The number of thiol groups is 1. The lowest BCUT2D eigenvalue weighted by atomic mass is 9.87. The highest BCUT2D eigenvalue weighted by Gasteiger charge is 2.50. The molecule has 27 heteroatoms. The SMILES string of the molecule is Cc1nc(N)c2ncn([C@@H]3O[C@H](COP(=O)(O)OP(=O)(O)OCC(C)(C)[C@@H](O)C(=O)NCCC(=O)NCCS)[C@@H](OP(=O)(O)O)[C@H]3O)c2n1. The van der Waals surface area contributed by atoms with E-state index < -0.39 is 78.6 Å². The van der Waals surface area contributed by atoms with Gasteiger partial charge in [0.05, 0.1) is 19.5 Å². The van der Waals surface area contributed by atoms with Crippen molar-refractivity contribution in [3.8, 4) is 0 Å². The molecule has 1 saturated heterocycles. The van der Waals surface area contributed by atoms with Crippen molar-refractivity contribution in [1.29, 1.82) is 0 Å². The van der Waals surface area contributed by atoms with Crippen molar-refractivity contribution in [3.05, 3.63) is 12.2 Å². The van der Waals surface area contributed by atoms with Crippen molar-refractivity contribution in [3.63, 3.8) is 0 Å². The van der Waals surface area contributed by atoms with Crippen LogP contribution >= 0.6 is 36.1 Å². The summed E-state index contributed by atoms with van der Waals surface area (Å²) >= 11 is 3.95. The number of hydrogen-bond donors (Lipinski definition) is 10. The van der Waals surface area contributed by atoms with Gasteiger partial charge in [0.2, 0.25) is 11.8 Å². The molecule has 0 aromatic carbocycles. The topological polar surface area (TPSA) is 347 Å². The molecule has 2 amide bonds. The van der Waals surface area contributed by atoms with E-state index in [2.05, 4.69) is 47.0 Å². The van der Waals surface area contributed by atoms with Crippen LogP contribution < -0.4 is 16.4 Å². The molecule has 2 aromatic rings. The second kappa shape index (κ2) is 16.5. The zero-order valence-corrected chi connectivity index (χ0v) is 29.7. The minimum atomic E-state index is -5.54. The van der Waals surface area contributed by atoms with Crippen LogP contribution in [0, 0.1) is 12.3 Å². The van der Waals surface area contributed by atoms with Crippen LogP contribution in [0.25, 0.3) is 11.2 Å². The predicted octanol–water partition coefficient (Wildman–Crippen LogP) is -1.36. The zero-order valence-electron chi connectivity index (χ0n) is 26.1. The maximum absolute atomic E-state index is 12.6. The lowest BCUT2D eigenvalue weighted by Crippen LogP contribution is -2.46. The number of anilines is 1. The Morgan fingerprint density at radius 2 is 1.78 bits per heavy atom. The summed E-state index contributed by atoms with van der Waals surface area (Å²) in [4.78, 5) is 75.2. The van der Waals surface area contributed by atoms with Crippen LogP contribution in [0.4, 0.5) is 5.82 Å². The van der Waals surface area contributed by atoms with Gasteiger partial charge in [0.25, 0.3) is 0 Å². The summed E-state index contributed by atoms with van der Waals surface area (Å²) < 4.78 is 61.9. The first kappa shape index (κ1) is 41.3. The molecule has 0 bridgehead atoms. The van der Waals surface area contributed by atoms with Crippen LogP contribution in [0.1, 0.15) is 32.3 Å². The number of aromatic nitrogens is 4. The van der Waals surface area contributed by atoms with E-state index in [-0.39, 0.29) is 41.7 Å². The Hall–Kier alpha value is -2.11. The Kier molecular flexibility index (Phi) is 13.9. The third kappa shape index (κ3) is 11.7. The summed E-state index contributed by atoms with van der Waals surface area (Å²) in [5.41, 5.74) is 4.42. The molecule has 23 nitrogen and oxygen atoms in total. The number of aliphatic hydroxyl groups is 2. The van der Waals surface area contributed by atoms with Crippen LogP contribution in [0.5, 0.6) is 0 Å². The predicted molar refractivity (Wildman–Crippen MR) is 168 cm³/mol. The molecule has 0 saturated carbocycles. The number of nitrogens with one attached hydrogen (secondary N) is 2. The first-order valence-electron chi connectivity index (χ1n) is 14.1. The summed E-state index contributed by atoms with van der Waals surface area (Å²) in [5.74, 6) is -0.720. The van der Waals surface area contributed by atoms with Gasteiger partial charge in [-0.3, -0.25) is 27.7 Å². The van der Waals surface area contributed by atoms with Crippen LogP contribution in [-0.4, -0.2) is 118 Å². The molecule has 3 rings (SSSR count). The number of aryl methyl sites for hydroxylation is 1. The highest BCUT2D eigenvalue weighted by Crippen LogP contribution is 2.61. The molecule has 0 aliphatic carbocycles. The summed E-state index contributed by atoms with van der Waals surface area (Å²) in [5, 5.41) is 26.2. The molecular weight excluding hydrogens is 743 g/mol. The third-order valence-electron chi connectivity index (χ3n) is 6.68. The van der Waals surface area contributed by atoms with Gasteiger partial charge >= 0.3 is 23.5 Å². The van der Waals surface area contributed by atoms with Gasteiger partial charge in [-0.25, -0.2) is 28.6 Å². The van der Waals surface area contributed by atoms with Gasteiger partial charge in [0.15, 0.2) is 17.7 Å². The van der Waals surface area contributed by atoms with E-state index in [1.165, 1.54) is 20.8 Å². The fraction of sp³-hybridized carbons (Fsp3) is 0.682. The number of nitrogen functional groups attached to an aromatic ring is 1. The van der Waals surface area contributed by atoms with E-state index in [4.69, 9.17) is 19.5 Å². The van der Waals surface area contributed by atoms with Gasteiger partial charge in [-0.2, -0.15) is 16.9 Å². The zero-order chi connectivity index (χ0) is 36.9. The maximum Gasteiger partial charge on any atom is 0.481 e. The summed E-state index contributed by atoms with van der Waals surface area (Å²) in [7, 11) is -16.3. The van der Waals surface area contributed by atoms with Crippen molar-refractivity contribution in [2.45, 2.75) is 57.8 Å². The molecule has 3 heterocycles. The molecule has 10 N–H and O–H groups in total. The first-order chi connectivity index (χ1) is 22.6. The Bertz CT molecular complexity index is 1640. The molecule has 2 aromatic heterocycles. The molecule has 1 aliphatic rings. The minimum absolute atomic E-state index is 0.0201. The fourth-order valence-corrected chi connectivity index (χ4v) is 7.26.